The molecule has 0 aromatic heterocycles. The lowest BCUT2D eigenvalue weighted by atomic mass is 10.3. The lowest BCUT2D eigenvalue weighted by Gasteiger charge is -2.07. The maximum atomic E-state index is 9.93. The number of carboxylic acids is 2. The molecule has 1 atom stereocenters. The number of rotatable bonds is 5. The van der Waals surface area contributed by atoms with Gasteiger partial charge in [0.05, 0.1) is 6.54 Å². The van der Waals surface area contributed by atoms with Crippen molar-refractivity contribution in [1.29, 1.82) is 0 Å². The van der Waals surface area contributed by atoms with Crippen LogP contribution in [0.1, 0.15) is 6.92 Å². The van der Waals surface area contributed by atoms with Gasteiger partial charge in [-0.25, -0.2) is 0 Å². The predicted octanol–water partition coefficient (Wildman–Crippen LogP) is -1.96. The third kappa shape index (κ3) is 22.4. The van der Waals surface area contributed by atoms with E-state index >= 15 is 0 Å². The van der Waals surface area contributed by atoms with Crippen LogP contribution >= 0.6 is 0 Å². The first-order valence-corrected chi connectivity index (χ1v) is 3.97. The molecule has 0 aromatic carbocycles. The van der Waals surface area contributed by atoms with Gasteiger partial charge in [0.15, 0.2) is 0 Å². The molecule has 7 heteroatoms. The third-order valence-corrected chi connectivity index (χ3v) is 0.986. The van der Waals surface area contributed by atoms with Crippen molar-refractivity contribution in [2.45, 2.75) is 13.0 Å². The Bertz CT molecular complexity index is 170. The molecule has 0 amide bonds. The van der Waals surface area contributed by atoms with E-state index in [9.17, 15) is 4.79 Å². The Hall–Kier alpha value is -1.18. The average Bonchev–Trinajstić information content (AvgIpc) is 2.02. The summed E-state index contributed by atoms with van der Waals surface area (Å²) in [6.07, 6.45) is 0. The maximum absolute atomic E-state index is 9.93. The molecular formula is C7H17N3O4. The summed E-state index contributed by atoms with van der Waals surface area (Å²) in [7, 11) is 0. The van der Waals surface area contributed by atoms with Gasteiger partial charge >= 0.3 is 5.97 Å². The van der Waals surface area contributed by atoms with Gasteiger partial charge in [0.1, 0.15) is 0 Å². The second-order valence-corrected chi connectivity index (χ2v) is 2.54. The first-order chi connectivity index (χ1) is 6.40. The number of carboxylic acid groups (broad SMARTS) is 2. The van der Waals surface area contributed by atoms with Crippen molar-refractivity contribution in [3.05, 3.63) is 0 Å². The van der Waals surface area contributed by atoms with Gasteiger partial charge in [0, 0.05) is 26.1 Å². The monoisotopic (exact) mass is 207 g/mol. The molecule has 0 radical (unpaired) electrons. The Morgan fingerprint density at radius 3 is 2.14 bits per heavy atom. The van der Waals surface area contributed by atoms with Crippen LogP contribution < -0.4 is 16.8 Å². The molecule has 0 aliphatic rings. The first-order valence-electron chi connectivity index (χ1n) is 3.97. The Balaban J connectivity index is 0. The van der Waals surface area contributed by atoms with E-state index in [1.165, 1.54) is 0 Å². The van der Waals surface area contributed by atoms with Crippen LogP contribution in [0.25, 0.3) is 0 Å². The van der Waals surface area contributed by atoms with Gasteiger partial charge in [-0.1, -0.05) is 0 Å². The fourth-order valence-electron chi connectivity index (χ4n) is 0.448. The van der Waals surface area contributed by atoms with Crippen LogP contribution in [0.2, 0.25) is 0 Å². The summed E-state index contributed by atoms with van der Waals surface area (Å²) in [6.45, 7) is 1.84. The lowest BCUT2D eigenvalue weighted by molar-refractivity contribution is -0.136. The Labute approximate surface area is 82.1 Å². The van der Waals surface area contributed by atoms with Gasteiger partial charge in [-0.3, -0.25) is 9.59 Å². The molecular weight excluding hydrogens is 190 g/mol. The SMILES string of the molecule is CC(=O)O.NC[C@H](N)CNCC(=O)O. The molecule has 0 rings (SSSR count). The summed E-state index contributed by atoms with van der Waals surface area (Å²) in [5.74, 6) is -1.72. The molecule has 0 bridgehead atoms. The zero-order valence-corrected chi connectivity index (χ0v) is 8.06. The molecule has 0 saturated heterocycles. The van der Waals surface area contributed by atoms with Crippen LogP contribution in [0.4, 0.5) is 0 Å². The number of nitrogens with one attached hydrogen (secondary N) is 1. The van der Waals surface area contributed by atoms with Gasteiger partial charge in [-0.05, 0) is 0 Å². The highest BCUT2D eigenvalue weighted by molar-refractivity contribution is 5.68. The molecule has 0 aliphatic heterocycles. The van der Waals surface area contributed by atoms with Gasteiger partial charge < -0.3 is 27.0 Å². The van der Waals surface area contributed by atoms with E-state index < -0.39 is 11.9 Å². The average molecular weight is 207 g/mol. The van der Waals surface area contributed by atoms with E-state index in [-0.39, 0.29) is 12.6 Å². The van der Waals surface area contributed by atoms with Crippen molar-refractivity contribution in [1.82, 2.24) is 5.32 Å². The van der Waals surface area contributed by atoms with Gasteiger partial charge in [-0.15, -0.1) is 0 Å². The Morgan fingerprint density at radius 2 is 1.86 bits per heavy atom. The van der Waals surface area contributed by atoms with Crippen molar-refractivity contribution in [2.75, 3.05) is 19.6 Å². The molecule has 7 nitrogen and oxygen atoms in total. The topological polar surface area (TPSA) is 139 Å². The van der Waals surface area contributed by atoms with E-state index in [2.05, 4.69) is 5.32 Å². The molecule has 7 N–H and O–H groups in total. The van der Waals surface area contributed by atoms with Crippen molar-refractivity contribution in [3.63, 3.8) is 0 Å². The van der Waals surface area contributed by atoms with Crippen molar-refractivity contribution in [3.8, 4) is 0 Å². The van der Waals surface area contributed by atoms with Crippen LogP contribution in [0.15, 0.2) is 0 Å². The Morgan fingerprint density at radius 1 is 1.43 bits per heavy atom. The van der Waals surface area contributed by atoms with Gasteiger partial charge in [0.25, 0.3) is 5.97 Å². The molecule has 0 unspecified atom stereocenters. The lowest BCUT2D eigenvalue weighted by Crippen LogP contribution is -2.41. The van der Waals surface area contributed by atoms with Crippen molar-refractivity contribution < 1.29 is 19.8 Å². The highest BCUT2D eigenvalue weighted by Gasteiger charge is 1.99. The summed E-state index contributed by atoms with van der Waals surface area (Å²) in [6, 6.07) is -0.153. The largest absolute Gasteiger partial charge is 0.481 e. The van der Waals surface area contributed by atoms with E-state index in [1.54, 1.807) is 0 Å². The fourth-order valence-corrected chi connectivity index (χ4v) is 0.448. The second-order valence-electron chi connectivity index (χ2n) is 2.54. The molecule has 0 heterocycles. The first kappa shape index (κ1) is 15.3. The number of hydrogen-bond acceptors (Lipinski definition) is 5. The fraction of sp³-hybridized carbons (Fsp3) is 0.714. The minimum Gasteiger partial charge on any atom is -0.481 e. The minimum absolute atomic E-state index is 0.0618. The van der Waals surface area contributed by atoms with Gasteiger partial charge in [-0.2, -0.15) is 0 Å². The normalized spacial score (nSPS) is 11.1. The molecule has 0 spiro atoms. The quantitative estimate of drug-likeness (QED) is 0.352. The van der Waals surface area contributed by atoms with Gasteiger partial charge in [0.2, 0.25) is 0 Å². The maximum Gasteiger partial charge on any atom is 0.317 e. The van der Waals surface area contributed by atoms with E-state index in [0.717, 1.165) is 6.92 Å². The van der Waals surface area contributed by atoms with Crippen LogP contribution in [-0.4, -0.2) is 47.8 Å². The van der Waals surface area contributed by atoms with E-state index in [0.29, 0.717) is 13.1 Å². The number of hydrogen-bond donors (Lipinski definition) is 5. The zero-order valence-electron chi connectivity index (χ0n) is 8.06. The third-order valence-electron chi connectivity index (χ3n) is 0.986. The minimum atomic E-state index is -0.885. The summed E-state index contributed by atoms with van der Waals surface area (Å²) in [4.78, 5) is 18.9. The van der Waals surface area contributed by atoms with Crippen LogP contribution in [0.5, 0.6) is 0 Å². The highest BCUT2D eigenvalue weighted by atomic mass is 16.4. The standard InChI is InChI=1S/C5H13N3O2.C2H4O2/c6-1-4(7)2-8-3-5(9)10;1-2(3)4/h4,8H,1-3,6-7H2,(H,9,10);1H3,(H,3,4)/t4-;/m0./s1. The summed E-state index contributed by atoms with van der Waals surface area (Å²) in [5, 5.41) is 18.2. The van der Waals surface area contributed by atoms with Crippen LogP contribution in [0, 0.1) is 0 Å². The zero-order chi connectivity index (χ0) is 11.6. The summed E-state index contributed by atoms with van der Waals surface area (Å²) >= 11 is 0. The predicted molar refractivity (Wildman–Crippen MR) is 50.8 cm³/mol. The molecule has 14 heavy (non-hydrogen) atoms. The van der Waals surface area contributed by atoms with Crippen LogP contribution in [-0.2, 0) is 9.59 Å². The van der Waals surface area contributed by atoms with E-state index in [1.807, 2.05) is 0 Å². The molecule has 0 aliphatic carbocycles. The Kier molecular flexibility index (Phi) is 10.8. The number of carbonyl (C=O) groups is 2. The number of aliphatic carboxylic acids is 2. The summed E-state index contributed by atoms with van der Waals surface area (Å²) < 4.78 is 0. The van der Waals surface area contributed by atoms with Crippen molar-refractivity contribution >= 4 is 11.9 Å². The molecule has 0 fully saturated rings. The summed E-state index contributed by atoms with van der Waals surface area (Å²) in [5.41, 5.74) is 10.6. The van der Waals surface area contributed by atoms with E-state index in [4.69, 9.17) is 26.5 Å². The smallest absolute Gasteiger partial charge is 0.317 e. The molecule has 0 saturated carbocycles. The van der Waals surface area contributed by atoms with Crippen molar-refractivity contribution in [2.24, 2.45) is 11.5 Å². The highest BCUT2D eigenvalue weighted by Crippen LogP contribution is 1.68. The number of nitrogens with two attached hydrogens (primary N) is 2. The molecule has 84 valence electrons. The molecule has 0 aromatic rings. The van der Waals surface area contributed by atoms with Crippen LogP contribution in [0.3, 0.4) is 0 Å². The second kappa shape index (κ2) is 9.90.